The van der Waals surface area contributed by atoms with Crippen LogP contribution < -0.4 is 10.1 Å². The summed E-state index contributed by atoms with van der Waals surface area (Å²) in [6.45, 7) is 1.71. The van der Waals surface area contributed by atoms with Crippen LogP contribution in [0.3, 0.4) is 0 Å². The summed E-state index contributed by atoms with van der Waals surface area (Å²) in [5.74, 6) is -0.402. The molecule has 2 rings (SSSR count). The minimum Gasteiger partial charge on any atom is -0.404 e. The smallest absolute Gasteiger partial charge is 0.404 e. The first-order chi connectivity index (χ1) is 10.4. The molecule has 0 spiro atoms. The Morgan fingerprint density at radius 3 is 2.82 bits per heavy atom. The van der Waals surface area contributed by atoms with Gasteiger partial charge in [-0.05, 0) is 29.8 Å². The molecule has 0 saturated heterocycles. The Kier molecular flexibility index (Phi) is 4.26. The lowest BCUT2D eigenvalue weighted by Crippen LogP contribution is -2.18. The summed E-state index contributed by atoms with van der Waals surface area (Å²) < 4.78 is 41.0. The summed E-state index contributed by atoms with van der Waals surface area (Å²) in [5, 5.41) is 24.3. The highest BCUT2D eigenvalue weighted by Gasteiger charge is 2.32. The molecule has 0 saturated carbocycles. The van der Waals surface area contributed by atoms with E-state index >= 15 is 0 Å². The van der Waals surface area contributed by atoms with Crippen molar-refractivity contribution in [3.05, 3.63) is 35.8 Å². The van der Waals surface area contributed by atoms with E-state index in [1.807, 2.05) is 6.07 Å². The number of nitriles is 1. The zero-order chi connectivity index (χ0) is 16.2. The molecule has 0 atom stereocenters. The van der Waals surface area contributed by atoms with Gasteiger partial charge in [0.2, 0.25) is 5.82 Å². The first kappa shape index (κ1) is 15.3. The number of allylic oxidation sites excluding steroid dienone is 1. The van der Waals surface area contributed by atoms with Crippen molar-refractivity contribution < 1.29 is 17.9 Å². The van der Waals surface area contributed by atoms with Crippen molar-refractivity contribution in [2.24, 2.45) is 0 Å². The number of aryl methyl sites for hydroxylation is 1. The van der Waals surface area contributed by atoms with Gasteiger partial charge >= 0.3 is 6.36 Å². The highest BCUT2D eigenvalue weighted by Crippen LogP contribution is 2.31. The average Bonchev–Trinajstić information content (AvgIpc) is 2.95. The molecule has 1 aromatic heterocycles. The summed E-state index contributed by atoms with van der Waals surface area (Å²) in [5.41, 5.74) is 0.755. The number of halogens is 3. The van der Waals surface area contributed by atoms with Gasteiger partial charge in [-0.15, -0.1) is 23.4 Å². The average molecular weight is 310 g/mol. The second-order valence-electron chi connectivity index (χ2n) is 4.10. The molecule has 10 heteroatoms. The van der Waals surface area contributed by atoms with Gasteiger partial charge in [0.05, 0.1) is 5.69 Å². The number of benzene rings is 1. The molecule has 1 heterocycles. The number of aromatic nitrogens is 4. The molecule has 22 heavy (non-hydrogen) atoms. The number of nitrogens with one attached hydrogen (secondary N) is 2. The van der Waals surface area contributed by atoms with Gasteiger partial charge in [-0.1, -0.05) is 6.07 Å². The van der Waals surface area contributed by atoms with E-state index in [4.69, 9.17) is 5.26 Å². The van der Waals surface area contributed by atoms with E-state index in [9.17, 15) is 13.2 Å². The maximum absolute atomic E-state index is 12.4. The third-order valence-corrected chi connectivity index (χ3v) is 2.44. The van der Waals surface area contributed by atoms with Crippen LogP contribution in [-0.2, 0) is 0 Å². The summed E-state index contributed by atoms with van der Waals surface area (Å²) in [6.07, 6.45) is -3.65. The Balaban J connectivity index is 2.29. The van der Waals surface area contributed by atoms with Crippen LogP contribution >= 0.6 is 0 Å². The van der Waals surface area contributed by atoms with Crippen molar-refractivity contribution in [2.45, 2.75) is 13.3 Å². The number of anilines is 1. The van der Waals surface area contributed by atoms with E-state index < -0.39 is 12.1 Å². The second-order valence-corrected chi connectivity index (χ2v) is 4.10. The second kappa shape index (κ2) is 6.13. The number of rotatable bonds is 4. The topological polar surface area (TPSA) is 99.5 Å². The highest BCUT2D eigenvalue weighted by molar-refractivity contribution is 5.75. The lowest BCUT2D eigenvalue weighted by atomic mass is 10.2. The number of hydrogen-bond donors (Lipinski definition) is 2. The van der Waals surface area contributed by atoms with Gasteiger partial charge in [0, 0.05) is 6.20 Å². The van der Waals surface area contributed by atoms with Crippen LogP contribution in [0.1, 0.15) is 11.4 Å². The summed E-state index contributed by atoms with van der Waals surface area (Å²) in [4.78, 5) is 0. The molecule has 1 aromatic carbocycles. The Bertz CT molecular complexity index is 717. The summed E-state index contributed by atoms with van der Waals surface area (Å²) in [6, 6.07) is 5.91. The van der Waals surface area contributed by atoms with Gasteiger partial charge < -0.3 is 10.1 Å². The molecule has 0 aliphatic carbocycles. The van der Waals surface area contributed by atoms with Gasteiger partial charge in [0.1, 0.15) is 11.6 Å². The van der Waals surface area contributed by atoms with Crippen molar-refractivity contribution in [2.75, 3.05) is 5.32 Å². The van der Waals surface area contributed by atoms with Crippen LogP contribution in [0.15, 0.2) is 24.4 Å². The molecule has 0 aliphatic heterocycles. The zero-order valence-electron chi connectivity index (χ0n) is 11.1. The number of aromatic amines is 1. The first-order valence-electron chi connectivity index (χ1n) is 5.86. The molecule has 0 fully saturated rings. The van der Waals surface area contributed by atoms with E-state index in [2.05, 4.69) is 30.7 Å². The predicted molar refractivity (Wildman–Crippen MR) is 69.3 cm³/mol. The summed E-state index contributed by atoms with van der Waals surface area (Å²) in [7, 11) is 0. The van der Waals surface area contributed by atoms with Crippen molar-refractivity contribution in [3.8, 4) is 11.8 Å². The van der Waals surface area contributed by atoms with E-state index in [1.165, 1.54) is 24.4 Å². The fourth-order valence-electron chi connectivity index (χ4n) is 1.54. The Labute approximate surface area is 122 Å². The minimum absolute atomic E-state index is 0.00628. The number of alkyl halides is 3. The number of nitrogens with zero attached hydrogens (tertiary/aromatic N) is 4. The molecular weight excluding hydrogens is 301 g/mol. The Morgan fingerprint density at radius 2 is 2.23 bits per heavy atom. The number of ether oxygens (including phenoxy) is 1. The molecule has 2 aromatic rings. The molecule has 7 nitrogen and oxygen atoms in total. The Hall–Kier alpha value is -3.09. The SMILES string of the molecule is Cc1ccc(OC(F)(F)F)c(NC=C(C#N)c2nn[nH]n2)c1. The van der Waals surface area contributed by atoms with E-state index in [-0.39, 0.29) is 17.1 Å². The maximum Gasteiger partial charge on any atom is 0.573 e. The monoisotopic (exact) mass is 310 g/mol. The van der Waals surface area contributed by atoms with E-state index in [0.717, 1.165) is 0 Å². The van der Waals surface area contributed by atoms with E-state index in [1.54, 1.807) is 6.92 Å². The molecule has 114 valence electrons. The first-order valence-corrected chi connectivity index (χ1v) is 5.86. The fraction of sp³-hybridized carbons (Fsp3) is 0.167. The third-order valence-electron chi connectivity index (χ3n) is 2.44. The minimum atomic E-state index is -4.82. The quantitative estimate of drug-likeness (QED) is 0.841. The van der Waals surface area contributed by atoms with E-state index in [0.29, 0.717) is 5.56 Å². The lowest BCUT2D eigenvalue weighted by molar-refractivity contribution is -0.274. The third kappa shape index (κ3) is 3.95. The standard InChI is InChI=1S/C12H9F3N6O/c1-7-2-3-10(22-12(13,14)15)9(4-7)17-6-8(5-16)11-18-20-21-19-11/h2-4,6,17H,1H3,(H,18,19,20,21). The maximum atomic E-state index is 12.4. The van der Waals surface area contributed by atoms with Gasteiger partial charge in [-0.2, -0.15) is 10.5 Å². The number of H-pyrrole nitrogens is 1. The molecule has 0 amide bonds. The van der Waals surface area contributed by atoms with Crippen molar-refractivity contribution in [1.82, 2.24) is 20.6 Å². The van der Waals surface area contributed by atoms with Crippen LogP contribution in [0.2, 0.25) is 0 Å². The van der Waals surface area contributed by atoms with Crippen LogP contribution in [0, 0.1) is 18.3 Å². The van der Waals surface area contributed by atoms with Crippen LogP contribution in [0.5, 0.6) is 5.75 Å². The predicted octanol–water partition coefficient (Wildman–Crippen LogP) is 2.38. The van der Waals surface area contributed by atoms with Gasteiger partial charge in [-0.3, -0.25) is 0 Å². The van der Waals surface area contributed by atoms with Gasteiger partial charge in [-0.25, -0.2) is 0 Å². The zero-order valence-corrected chi connectivity index (χ0v) is 11.1. The number of hydrogen-bond acceptors (Lipinski definition) is 6. The fourth-order valence-corrected chi connectivity index (χ4v) is 1.54. The summed E-state index contributed by atoms with van der Waals surface area (Å²) >= 11 is 0. The van der Waals surface area contributed by atoms with Crippen molar-refractivity contribution >= 4 is 11.3 Å². The van der Waals surface area contributed by atoms with Crippen LogP contribution in [0.4, 0.5) is 18.9 Å². The van der Waals surface area contributed by atoms with Gasteiger partial charge in [0.15, 0.2) is 5.75 Å². The van der Waals surface area contributed by atoms with Crippen LogP contribution in [0.25, 0.3) is 5.57 Å². The number of tetrazole rings is 1. The molecule has 0 bridgehead atoms. The van der Waals surface area contributed by atoms with Crippen LogP contribution in [-0.4, -0.2) is 27.0 Å². The van der Waals surface area contributed by atoms with Gasteiger partial charge in [0.25, 0.3) is 0 Å². The molecule has 0 radical (unpaired) electrons. The molecule has 0 aliphatic rings. The molecule has 2 N–H and O–H groups in total. The van der Waals surface area contributed by atoms with Crippen molar-refractivity contribution in [3.63, 3.8) is 0 Å². The van der Waals surface area contributed by atoms with Crippen molar-refractivity contribution in [1.29, 1.82) is 5.26 Å². The largest absolute Gasteiger partial charge is 0.573 e. The highest BCUT2D eigenvalue weighted by atomic mass is 19.4. The lowest BCUT2D eigenvalue weighted by Gasteiger charge is -2.13. The molecular formula is C12H9F3N6O. The molecule has 0 unspecified atom stereocenters. The normalized spacial score (nSPS) is 11.9. The Morgan fingerprint density at radius 1 is 1.45 bits per heavy atom.